The minimum Gasteiger partial charge on any atom is -0.377 e. The van der Waals surface area contributed by atoms with E-state index in [2.05, 4.69) is 32.0 Å². The van der Waals surface area contributed by atoms with E-state index in [1.165, 1.54) is 41.7 Å². The third-order valence-corrected chi connectivity index (χ3v) is 5.89. The van der Waals surface area contributed by atoms with Gasteiger partial charge in [-0.15, -0.1) is 0 Å². The zero-order chi connectivity index (χ0) is 16.5. The molecule has 0 saturated carbocycles. The van der Waals surface area contributed by atoms with Gasteiger partial charge in [0.15, 0.2) is 0 Å². The molecule has 2 N–H and O–H groups in total. The quantitative estimate of drug-likeness (QED) is 0.637. The second-order valence-electron chi connectivity index (χ2n) is 6.60. The monoisotopic (exact) mass is 335 g/mol. The molecule has 2 nitrogen and oxygen atoms in total. The van der Waals surface area contributed by atoms with Gasteiger partial charge in [0.1, 0.15) is 0 Å². The van der Waals surface area contributed by atoms with E-state index in [0.717, 1.165) is 38.2 Å². The first kappa shape index (κ1) is 18.8. The molecule has 0 aromatic heterocycles. The smallest absolute Gasteiger partial charge is 0.0619 e. The molecule has 23 heavy (non-hydrogen) atoms. The van der Waals surface area contributed by atoms with Crippen LogP contribution in [0.5, 0.6) is 0 Å². The molecule has 1 aliphatic rings. The number of aryl methyl sites for hydroxylation is 1. The number of nitrogens with two attached hydrogens (primary N) is 1. The molecule has 1 aliphatic carbocycles. The molecule has 0 bridgehead atoms. The summed E-state index contributed by atoms with van der Waals surface area (Å²) in [6, 6.07) is 7.03. The Balaban J connectivity index is 1.87. The van der Waals surface area contributed by atoms with Crippen molar-refractivity contribution >= 4 is 11.8 Å². The van der Waals surface area contributed by atoms with Gasteiger partial charge in [0.2, 0.25) is 0 Å². The molecular formula is C20H33NOS. The van der Waals surface area contributed by atoms with Crippen LogP contribution in [0.4, 0.5) is 0 Å². The summed E-state index contributed by atoms with van der Waals surface area (Å²) in [5.74, 6) is 2.90. The van der Waals surface area contributed by atoms with Gasteiger partial charge >= 0.3 is 0 Å². The number of hydrogen-bond acceptors (Lipinski definition) is 3. The second-order valence-corrected chi connectivity index (χ2v) is 7.82. The van der Waals surface area contributed by atoms with Crippen LogP contribution in [-0.2, 0) is 17.6 Å². The van der Waals surface area contributed by atoms with Crippen LogP contribution in [0.15, 0.2) is 18.2 Å². The van der Waals surface area contributed by atoms with Crippen molar-refractivity contribution < 1.29 is 4.74 Å². The predicted octanol–water partition coefficient (Wildman–Crippen LogP) is 4.55. The molecule has 130 valence electrons. The zero-order valence-corrected chi connectivity index (χ0v) is 15.7. The van der Waals surface area contributed by atoms with E-state index in [4.69, 9.17) is 10.5 Å². The van der Waals surface area contributed by atoms with Crippen LogP contribution in [0.2, 0.25) is 0 Å². The van der Waals surface area contributed by atoms with Gasteiger partial charge in [0.05, 0.1) is 12.7 Å². The van der Waals surface area contributed by atoms with Crippen LogP contribution in [0, 0.1) is 0 Å². The minimum absolute atomic E-state index is 0.413. The molecule has 3 heteroatoms. The van der Waals surface area contributed by atoms with Gasteiger partial charge in [-0.1, -0.05) is 38.5 Å². The predicted molar refractivity (Wildman–Crippen MR) is 103 cm³/mol. The summed E-state index contributed by atoms with van der Waals surface area (Å²) < 4.78 is 6.08. The first-order valence-electron chi connectivity index (χ1n) is 9.29. The lowest BCUT2D eigenvalue weighted by molar-refractivity contribution is 0.0552. The fourth-order valence-electron chi connectivity index (χ4n) is 3.43. The summed E-state index contributed by atoms with van der Waals surface area (Å²) in [7, 11) is 0. The Labute approximate surface area is 146 Å². The number of ether oxygens (including phenoxy) is 1. The Bertz CT molecular complexity index is 463. The number of benzene rings is 1. The summed E-state index contributed by atoms with van der Waals surface area (Å²) in [6.45, 7) is 6.13. The van der Waals surface area contributed by atoms with Crippen LogP contribution in [0.3, 0.4) is 0 Å². The molecule has 2 rings (SSSR count). The fourth-order valence-corrected chi connectivity index (χ4v) is 4.13. The summed E-state index contributed by atoms with van der Waals surface area (Å²) in [5.41, 5.74) is 10.4. The largest absolute Gasteiger partial charge is 0.377 e. The Kier molecular flexibility index (Phi) is 8.49. The lowest BCUT2D eigenvalue weighted by Crippen LogP contribution is -2.24. The van der Waals surface area contributed by atoms with Crippen molar-refractivity contribution in [3.8, 4) is 0 Å². The molecule has 0 amide bonds. The lowest BCUT2D eigenvalue weighted by Gasteiger charge is -2.26. The summed E-state index contributed by atoms with van der Waals surface area (Å²) >= 11 is 2.00. The Morgan fingerprint density at radius 1 is 1.22 bits per heavy atom. The van der Waals surface area contributed by atoms with E-state index in [0.29, 0.717) is 12.0 Å². The lowest BCUT2D eigenvalue weighted by atomic mass is 9.85. The van der Waals surface area contributed by atoms with Crippen LogP contribution in [0.1, 0.15) is 62.1 Å². The third kappa shape index (κ3) is 5.81. The molecule has 1 aromatic carbocycles. The molecule has 1 aromatic rings. The van der Waals surface area contributed by atoms with Crippen LogP contribution in [0.25, 0.3) is 0 Å². The van der Waals surface area contributed by atoms with Crippen molar-refractivity contribution in [2.75, 3.05) is 24.7 Å². The molecule has 0 saturated heterocycles. The van der Waals surface area contributed by atoms with Gasteiger partial charge in [-0.25, -0.2) is 0 Å². The van der Waals surface area contributed by atoms with Crippen molar-refractivity contribution in [1.82, 2.24) is 0 Å². The van der Waals surface area contributed by atoms with E-state index in [-0.39, 0.29) is 0 Å². The molecule has 0 heterocycles. The third-order valence-electron chi connectivity index (χ3n) is 4.74. The Morgan fingerprint density at radius 2 is 2.09 bits per heavy atom. The summed E-state index contributed by atoms with van der Waals surface area (Å²) in [6.07, 6.45) is 7.45. The van der Waals surface area contributed by atoms with Crippen molar-refractivity contribution in [3.05, 3.63) is 34.9 Å². The van der Waals surface area contributed by atoms with Gasteiger partial charge in [0.25, 0.3) is 0 Å². The van der Waals surface area contributed by atoms with E-state index >= 15 is 0 Å². The molecule has 2 atom stereocenters. The highest BCUT2D eigenvalue weighted by atomic mass is 32.2. The highest BCUT2D eigenvalue weighted by molar-refractivity contribution is 7.99. The maximum Gasteiger partial charge on any atom is 0.0619 e. The van der Waals surface area contributed by atoms with E-state index < -0.39 is 0 Å². The van der Waals surface area contributed by atoms with E-state index in [1.54, 1.807) is 0 Å². The molecular weight excluding hydrogens is 302 g/mol. The summed E-state index contributed by atoms with van der Waals surface area (Å²) in [5, 5.41) is 0. The Morgan fingerprint density at radius 3 is 2.83 bits per heavy atom. The van der Waals surface area contributed by atoms with Gasteiger partial charge in [-0.2, -0.15) is 11.8 Å². The molecule has 0 radical (unpaired) electrons. The van der Waals surface area contributed by atoms with Gasteiger partial charge in [-0.05, 0) is 67.0 Å². The van der Waals surface area contributed by atoms with Crippen molar-refractivity contribution in [2.24, 2.45) is 5.73 Å². The van der Waals surface area contributed by atoms with Crippen molar-refractivity contribution in [3.63, 3.8) is 0 Å². The fraction of sp³-hybridized carbons (Fsp3) is 0.700. The van der Waals surface area contributed by atoms with Gasteiger partial charge in [-0.3, -0.25) is 0 Å². The number of thioether (sulfide) groups is 1. The molecule has 0 aliphatic heterocycles. The minimum atomic E-state index is 0.413. The van der Waals surface area contributed by atoms with E-state index in [1.807, 2.05) is 11.8 Å². The van der Waals surface area contributed by atoms with Crippen molar-refractivity contribution in [1.29, 1.82) is 0 Å². The van der Waals surface area contributed by atoms with Gasteiger partial charge < -0.3 is 10.5 Å². The average Bonchev–Trinajstić information content (AvgIpc) is 2.59. The number of hydrogen-bond donors (Lipinski definition) is 1. The maximum absolute atomic E-state index is 6.08. The number of rotatable bonds is 10. The second kappa shape index (κ2) is 10.4. The average molecular weight is 336 g/mol. The highest BCUT2D eigenvalue weighted by Gasteiger charge is 2.20. The molecule has 1 unspecified atom stereocenters. The first-order valence-corrected chi connectivity index (χ1v) is 10.4. The maximum atomic E-state index is 6.08. The molecule has 0 spiro atoms. The first-order chi connectivity index (χ1) is 11.3. The normalized spacial score (nSPS) is 18.7. The van der Waals surface area contributed by atoms with Crippen LogP contribution >= 0.6 is 11.8 Å². The Hall–Kier alpha value is -0.510. The van der Waals surface area contributed by atoms with Crippen LogP contribution < -0.4 is 5.73 Å². The number of fused-ring (bicyclic) bond motifs is 1. The van der Waals surface area contributed by atoms with Gasteiger partial charge in [0, 0.05) is 5.75 Å². The zero-order valence-electron chi connectivity index (χ0n) is 14.9. The van der Waals surface area contributed by atoms with E-state index in [9.17, 15) is 0 Å². The SMILES string of the molecule is CCCSCCO[C@H]1CCc2cc(C(CN)CCC)ccc2C1. The van der Waals surface area contributed by atoms with Crippen LogP contribution in [-0.4, -0.2) is 30.8 Å². The standard InChI is InChI=1S/C20H33NOS/c1-3-5-19(15-21)17-6-7-18-14-20(9-8-16(18)13-17)22-10-12-23-11-4-2/h6-7,13,19-20H,3-5,8-12,14-15,21H2,1-2H3/t19?,20-/m0/s1. The highest BCUT2D eigenvalue weighted by Crippen LogP contribution is 2.28. The topological polar surface area (TPSA) is 35.2 Å². The van der Waals surface area contributed by atoms with Crippen molar-refractivity contribution in [2.45, 2.75) is 64.4 Å². The summed E-state index contributed by atoms with van der Waals surface area (Å²) in [4.78, 5) is 0. The molecule has 0 fully saturated rings.